The van der Waals surface area contributed by atoms with Gasteiger partial charge in [-0.25, -0.2) is 4.98 Å². The molecule has 2 aliphatic rings. The number of aryl methyl sites for hydroxylation is 2. The Labute approximate surface area is 202 Å². The van der Waals surface area contributed by atoms with Crippen LogP contribution in [0.3, 0.4) is 0 Å². The maximum Gasteiger partial charge on any atom is 0.268 e. The summed E-state index contributed by atoms with van der Waals surface area (Å²) < 4.78 is 5.98. The van der Waals surface area contributed by atoms with Gasteiger partial charge in [0, 0.05) is 23.5 Å². The second-order valence-electron chi connectivity index (χ2n) is 8.49. The van der Waals surface area contributed by atoms with Crippen LogP contribution in [0.15, 0.2) is 42.5 Å². The van der Waals surface area contributed by atoms with Crippen LogP contribution in [-0.2, 0) is 4.79 Å². The van der Waals surface area contributed by atoms with E-state index in [2.05, 4.69) is 4.98 Å². The molecular formula is C26H25N3O4S. The number of hydrogen-bond donors (Lipinski definition) is 0. The molecule has 0 saturated carbocycles. The summed E-state index contributed by atoms with van der Waals surface area (Å²) >= 11 is 1.64. The lowest BCUT2D eigenvalue weighted by atomic mass is 10.1. The lowest BCUT2D eigenvalue weighted by Gasteiger charge is -2.34. The molecule has 3 amide bonds. The number of carbonyl (C=O) groups excluding carboxylic acids is 3. The van der Waals surface area contributed by atoms with Crippen molar-refractivity contribution in [2.75, 3.05) is 18.0 Å². The predicted octanol–water partition coefficient (Wildman–Crippen LogP) is 4.62. The minimum absolute atomic E-state index is 0.110. The van der Waals surface area contributed by atoms with Crippen LogP contribution in [0.25, 0.3) is 11.3 Å². The highest BCUT2D eigenvalue weighted by atomic mass is 32.1. The van der Waals surface area contributed by atoms with Crippen molar-refractivity contribution in [1.29, 1.82) is 0 Å². The van der Waals surface area contributed by atoms with E-state index in [0.29, 0.717) is 42.0 Å². The van der Waals surface area contributed by atoms with Crippen molar-refractivity contribution in [3.8, 4) is 17.0 Å². The highest BCUT2D eigenvalue weighted by Crippen LogP contribution is 2.39. The van der Waals surface area contributed by atoms with Crippen molar-refractivity contribution in [2.24, 2.45) is 0 Å². The minimum atomic E-state index is -0.555. The molecule has 5 rings (SSSR count). The van der Waals surface area contributed by atoms with Gasteiger partial charge in [-0.3, -0.25) is 19.3 Å². The molecule has 0 aliphatic carbocycles. The standard InChI is InChI=1S/C26H25N3O4S/c1-4-21-26(32)28(12-7-13-29-24(30)18-8-5-6-9-19(18)25(29)31)20-14-17(10-11-22(20)33-21)23-15(2)34-16(3)27-23/h5-6,8-11,14,21H,4,7,12-13H2,1-3H3. The number of carbonyl (C=O) groups is 3. The first kappa shape index (κ1) is 22.3. The predicted molar refractivity (Wildman–Crippen MR) is 131 cm³/mol. The van der Waals surface area contributed by atoms with E-state index in [1.165, 1.54) is 4.90 Å². The number of fused-ring (bicyclic) bond motifs is 2. The zero-order valence-electron chi connectivity index (χ0n) is 19.3. The van der Waals surface area contributed by atoms with Gasteiger partial charge >= 0.3 is 0 Å². The fraction of sp³-hybridized carbons (Fsp3) is 0.308. The van der Waals surface area contributed by atoms with E-state index in [4.69, 9.17) is 4.74 Å². The molecule has 0 saturated heterocycles. The zero-order valence-corrected chi connectivity index (χ0v) is 20.1. The Morgan fingerprint density at radius 3 is 2.26 bits per heavy atom. The molecule has 3 heterocycles. The Hall–Kier alpha value is -3.52. The number of ether oxygens (including phenoxy) is 1. The number of imide groups is 1. The van der Waals surface area contributed by atoms with Gasteiger partial charge in [-0.2, -0.15) is 0 Å². The first-order chi connectivity index (χ1) is 16.4. The zero-order chi connectivity index (χ0) is 24.0. The summed E-state index contributed by atoms with van der Waals surface area (Å²) in [6.07, 6.45) is 0.465. The van der Waals surface area contributed by atoms with Crippen molar-refractivity contribution < 1.29 is 19.1 Å². The summed E-state index contributed by atoms with van der Waals surface area (Å²) in [4.78, 5) is 47.3. The van der Waals surface area contributed by atoms with Crippen LogP contribution in [0.5, 0.6) is 5.75 Å². The normalized spacial score (nSPS) is 17.1. The molecule has 1 aromatic heterocycles. The summed E-state index contributed by atoms with van der Waals surface area (Å²) in [5.74, 6) is -0.0176. The van der Waals surface area contributed by atoms with Crippen LogP contribution >= 0.6 is 11.3 Å². The first-order valence-corrected chi connectivity index (χ1v) is 12.2. The molecule has 2 aromatic carbocycles. The Morgan fingerprint density at radius 1 is 0.971 bits per heavy atom. The molecule has 0 bridgehead atoms. The summed E-state index contributed by atoms with van der Waals surface area (Å²) in [6.45, 7) is 6.54. The molecule has 34 heavy (non-hydrogen) atoms. The lowest BCUT2D eigenvalue weighted by molar-refractivity contribution is -0.126. The maximum absolute atomic E-state index is 13.2. The third kappa shape index (κ3) is 3.68. The number of rotatable bonds is 6. The SMILES string of the molecule is CCC1Oc2ccc(-c3nc(C)sc3C)cc2N(CCCN2C(=O)c3ccccc3C2=O)C1=O. The molecule has 7 nitrogen and oxygen atoms in total. The maximum atomic E-state index is 13.2. The average Bonchev–Trinajstić information content (AvgIpc) is 3.30. The Kier molecular flexibility index (Phi) is 5.69. The number of nitrogens with zero attached hydrogens (tertiary/aromatic N) is 3. The second kappa shape index (κ2) is 8.68. The fourth-order valence-corrected chi connectivity index (χ4v) is 5.43. The van der Waals surface area contributed by atoms with E-state index >= 15 is 0 Å². The minimum Gasteiger partial charge on any atom is -0.478 e. The van der Waals surface area contributed by atoms with E-state index in [1.54, 1.807) is 40.5 Å². The highest BCUT2D eigenvalue weighted by Gasteiger charge is 2.36. The topological polar surface area (TPSA) is 79.8 Å². The van der Waals surface area contributed by atoms with Gasteiger partial charge in [0.25, 0.3) is 17.7 Å². The van der Waals surface area contributed by atoms with Crippen LogP contribution in [0.1, 0.15) is 50.4 Å². The summed E-state index contributed by atoms with van der Waals surface area (Å²) in [5.41, 5.74) is 3.40. The molecule has 0 radical (unpaired) electrons. The molecular weight excluding hydrogens is 450 g/mol. The van der Waals surface area contributed by atoms with Crippen LogP contribution < -0.4 is 9.64 Å². The van der Waals surface area contributed by atoms with Crippen LogP contribution in [0, 0.1) is 13.8 Å². The van der Waals surface area contributed by atoms with E-state index in [-0.39, 0.29) is 24.3 Å². The number of amides is 3. The number of anilines is 1. The van der Waals surface area contributed by atoms with Crippen LogP contribution in [0.4, 0.5) is 5.69 Å². The van der Waals surface area contributed by atoms with Crippen LogP contribution in [-0.4, -0.2) is 46.8 Å². The van der Waals surface area contributed by atoms with Gasteiger partial charge in [0.2, 0.25) is 0 Å². The summed E-state index contributed by atoms with van der Waals surface area (Å²) in [5, 5.41) is 0.987. The van der Waals surface area contributed by atoms with Gasteiger partial charge in [-0.05, 0) is 57.0 Å². The van der Waals surface area contributed by atoms with Gasteiger partial charge in [0.05, 0.1) is 27.5 Å². The van der Waals surface area contributed by atoms with Gasteiger partial charge in [0.1, 0.15) is 5.75 Å². The molecule has 0 fully saturated rings. The van der Waals surface area contributed by atoms with Crippen molar-refractivity contribution in [2.45, 2.75) is 39.7 Å². The number of thiazole rings is 1. The summed E-state index contributed by atoms with van der Waals surface area (Å²) in [7, 11) is 0. The number of benzene rings is 2. The number of hydrogen-bond acceptors (Lipinski definition) is 6. The Morgan fingerprint density at radius 2 is 1.65 bits per heavy atom. The van der Waals surface area contributed by atoms with Gasteiger partial charge in [0.15, 0.2) is 6.10 Å². The molecule has 1 atom stereocenters. The quantitative estimate of drug-likeness (QED) is 0.486. The molecule has 0 spiro atoms. The van der Waals surface area contributed by atoms with Crippen molar-refractivity contribution in [3.63, 3.8) is 0 Å². The average molecular weight is 476 g/mol. The lowest BCUT2D eigenvalue weighted by Crippen LogP contribution is -2.46. The van der Waals surface area contributed by atoms with Crippen LogP contribution in [0.2, 0.25) is 0 Å². The Balaban J connectivity index is 1.39. The Bertz CT molecular complexity index is 1280. The number of aromatic nitrogens is 1. The second-order valence-corrected chi connectivity index (χ2v) is 9.89. The van der Waals surface area contributed by atoms with Gasteiger partial charge < -0.3 is 9.64 Å². The van der Waals surface area contributed by atoms with Crippen molar-refractivity contribution in [1.82, 2.24) is 9.88 Å². The monoisotopic (exact) mass is 475 g/mol. The smallest absolute Gasteiger partial charge is 0.268 e. The van der Waals surface area contributed by atoms with Gasteiger partial charge in [-0.1, -0.05) is 19.1 Å². The largest absolute Gasteiger partial charge is 0.478 e. The molecule has 1 unspecified atom stereocenters. The fourth-order valence-electron chi connectivity index (χ4n) is 4.59. The first-order valence-electron chi connectivity index (χ1n) is 11.4. The third-order valence-electron chi connectivity index (χ3n) is 6.25. The molecule has 8 heteroatoms. The summed E-state index contributed by atoms with van der Waals surface area (Å²) in [6, 6.07) is 12.7. The van der Waals surface area contributed by atoms with E-state index in [1.807, 2.05) is 39.0 Å². The molecule has 174 valence electrons. The van der Waals surface area contributed by atoms with Gasteiger partial charge in [-0.15, -0.1) is 11.3 Å². The van der Waals surface area contributed by atoms with Crippen molar-refractivity contribution in [3.05, 3.63) is 63.5 Å². The molecule has 3 aromatic rings. The van der Waals surface area contributed by atoms with E-state index in [0.717, 1.165) is 21.1 Å². The van der Waals surface area contributed by atoms with Crippen molar-refractivity contribution >= 4 is 34.7 Å². The third-order valence-corrected chi connectivity index (χ3v) is 7.14. The molecule has 0 N–H and O–H groups in total. The molecule has 2 aliphatic heterocycles. The van der Waals surface area contributed by atoms with E-state index in [9.17, 15) is 14.4 Å². The highest BCUT2D eigenvalue weighted by molar-refractivity contribution is 7.11. The van der Waals surface area contributed by atoms with E-state index < -0.39 is 6.10 Å².